The van der Waals surface area contributed by atoms with Gasteiger partial charge in [0.1, 0.15) is 11.7 Å². The fourth-order valence-electron chi connectivity index (χ4n) is 2.84. The van der Waals surface area contributed by atoms with Gasteiger partial charge in [0.05, 0.1) is 17.8 Å². The number of amidine groups is 1. The lowest BCUT2D eigenvalue weighted by molar-refractivity contribution is 0.0572. The molecule has 0 saturated carbocycles. The lowest BCUT2D eigenvalue weighted by Gasteiger charge is -2.21. The molecule has 1 aliphatic carbocycles. The molecule has 0 spiro atoms. The summed E-state index contributed by atoms with van der Waals surface area (Å²) in [6.07, 6.45) is 1.46. The Morgan fingerprint density at radius 2 is 2.00 bits per heavy atom. The third kappa shape index (κ3) is 2.06. The van der Waals surface area contributed by atoms with Gasteiger partial charge in [-0.15, -0.1) is 0 Å². The summed E-state index contributed by atoms with van der Waals surface area (Å²) in [5, 5.41) is 27.0. The number of pyridine rings is 1. The Morgan fingerprint density at radius 1 is 1.32 bits per heavy atom. The van der Waals surface area contributed by atoms with E-state index < -0.39 is 12.2 Å². The topological polar surface area (TPSA) is 106 Å². The molecule has 6 nitrogen and oxygen atoms in total. The predicted molar refractivity (Wildman–Crippen MR) is 71.5 cm³/mol. The van der Waals surface area contributed by atoms with Crippen LogP contribution in [0.25, 0.3) is 0 Å². The maximum absolute atomic E-state index is 9.65. The Bertz CT molecular complexity index is 522. The summed E-state index contributed by atoms with van der Waals surface area (Å²) in [4.78, 5) is 6.42. The number of rotatable bonds is 2. The first-order chi connectivity index (χ1) is 9.06. The van der Waals surface area contributed by atoms with Crippen LogP contribution in [0.1, 0.15) is 23.2 Å². The van der Waals surface area contributed by atoms with E-state index in [0.29, 0.717) is 24.5 Å². The molecule has 6 heteroatoms. The van der Waals surface area contributed by atoms with Crippen molar-refractivity contribution >= 4 is 11.7 Å². The Hall–Kier alpha value is -1.66. The zero-order valence-electron chi connectivity index (χ0n) is 10.6. The molecule has 0 aromatic carbocycles. The van der Waals surface area contributed by atoms with Crippen molar-refractivity contribution in [3.8, 4) is 0 Å². The van der Waals surface area contributed by atoms with Crippen molar-refractivity contribution in [2.45, 2.75) is 31.5 Å². The van der Waals surface area contributed by atoms with Gasteiger partial charge in [-0.05, 0) is 30.9 Å². The third-order valence-electron chi connectivity index (χ3n) is 3.88. The summed E-state index contributed by atoms with van der Waals surface area (Å²) >= 11 is 0. The maximum Gasteiger partial charge on any atom is 0.140 e. The molecule has 2 aliphatic rings. The average Bonchev–Trinajstić information content (AvgIpc) is 2.94. The van der Waals surface area contributed by atoms with E-state index in [4.69, 9.17) is 11.1 Å². The van der Waals surface area contributed by atoms with Gasteiger partial charge in [-0.3, -0.25) is 5.41 Å². The molecule has 0 amide bonds. The van der Waals surface area contributed by atoms with Crippen molar-refractivity contribution in [2.24, 2.45) is 5.73 Å². The first kappa shape index (κ1) is 12.4. The van der Waals surface area contributed by atoms with Crippen LogP contribution in [0.15, 0.2) is 6.07 Å². The summed E-state index contributed by atoms with van der Waals surface area (Å²) in [6.45, 7) is 0.653. The molecule has 2 heterocycles. The molecule has 3 rings (SSSR count). The summed E-state index contributed by atoms with van der Waals surface area (Å²) in [6, 6.07) is 1.93. The number of aromatic nitrogens is 1. The zero-order valence-corrected chi connectivity index (χ0v) is 10.6. The SMILES string of the molecule is N=C(N)c1cc2c(nc1N1CC(O)C(O)C1)CCC2. The number of hydrogen-bond donors (Lipinski definition) is 4. The van der Waals surface area contributed by atoms with Gasteiger partial charge in [0.25, 0.3) is 0 Å². The molecular weight excluding hydrogens is 244 g/mol. The second-order valence-corrected chi connectivity index (χ2v) is 5.27. The van der Waals surface area contributed by atoms with Gasteiger partial charge in [0.15, 0.2) is 0 Å². The summed E-state index contributed by atoms with van der Waals surface area (Å²) in [7, 11) is 0. The van der Waals surface area contributed by atoms with Gasteiger partial charge in [-0.1, -0.05) is 0 Å². The van der Waals surface area contributed by atoms with Gasteiger partial charge >= 0.3 is 0 Å². The van der Waals surface area contributed by atoms with Gasteiger partial charge < -0.3 is 20.8 Å². The van der Waals surface area contributed by atoms with Crippen LogP contribution >= 0.6 is 0 Å². The Kier molecular flexibility index (Phi) is 2.91. The number of nitrogens with one attached hydrogen (secondary N) is 1. The fourth-order valence-corrected chi connectivity index (χ4v) is 2.84. The normalized spacial score (nSPS) is 25.7. The lowest BCUT2D eigenvalue weighted by Crippen LogP contribution is -2.27. The smallest absolute Gasteiger partial charge is 0.140 e. The second-order valence-electron chi connectivity index (χ2n) is 5.27. The van der Waals surface area contributed by atoms with Crippen molar-refractivity contribution in [3.63, 3.8) is 0 Å². The number of nitrogen functional groups attached to an aromatic ring is 1. The van der Waals surface area contributed by atoms with Crippen molar-refractivity contribution in [2.75, 3.05) is 18.0 Å². The van der Waals surface area contributed by atoms with E-state index >= 15 is 0 Å². The molecule has 1 aromatic heterocycles. The standard InChI is InChI=1S/C13H18N4O2/c14-12(15)8-4-7-2-1-3-9(7)16-13(8)17-5-10(18)11(19)6-17/h4,10-11,18-19H,1-3,5-6H2,(H3,14,15). The monoisotopic (exact) mass is 262 g/mol. The highest BCUT2D eigenvalue weighted by molar-refractivity contribution is 6.00. The van der Waals surface area contributed by atoms with E-state index in [9.17, 15) is 10.2 Å². The fraction of sp³-hybridized carbons (Fsp3) is 0.538. The molecule has 19 heavy (non-hydrogen) atoms. The predicted octanol–water partition coefficient (Wildman–Crippen LogP) is -0.604. The molecule has 1 fully saturated rings. The molecule has 102 valence electrons. The number of aliphatic hydroxyl groups excluding tert-OH is 2. The Balaban J connectivity index is 2.02. The molecule has 2 atom stereocenters. The lowest BCUT2D eigenvalue weighted by atomic mass is 10.1. The van der Waals surface area contributed by atoms with Crippen LogP contribution in [-0.2, 0) is 12.8 Å². The van der Waals surface area contributed by atoms with E-state index in [-0.39, 0.29) is 5.84 Å². The number of fused-ring (bicyclic) bond motifs is 1. The minimum atomic E-state index is -0.769. The Morgan fingerprint density at radius 3 is 2.63 bits per heavy atom. The number of hydrogen-bond acceptors (Lipinski definition) is 5. The van der Waals surface area contributed by atoms with E-state index in [1.54, 1.807) is 0 Å². The number of aliphatic hydroxyl groups is 2. The molecule has 1 aromatic rings. The average molecular weight is 262 g/mol. The molecular formula is C13H18N4O2. The number of nitrogens with zero attached hydrogens (tertiary/aromatic N) is 2. The van der Waals surface area contributed by atoms with Crippen LogP contribution < -0.4 is 10.6 Å². The first-order valence-corrected chi connectivity index (χ1v) is 6.54. The van der Waals surface area contributed by atoms with Crippen molar-refractivity contribution in [1.29, 1.82) is 5.41 Å². The van der Waals surface area contributed by atoms with Gasteiger partial charge in [-0.25, -0.2) is 4.98 Å². The quantitative estimate of drug-likeness (QED) is 0.420. The highest BCUT2D eigenvalue weighted by atomic mass is 16.3. The van der Waals surface area contributed by atoms with Crippen molar-refractivity contribution < 1.29 is 10.2 Å². The summed E-state index contributed by atoms with van der Waals surface area (Å²) in [5.41, 5.74) is 8.45. The summed E-state index contributed by atoms with van der Waals surface area (Å²) < 4.78 is 0. The van der Waals surface area contributed by atoms with Crippen LogP contribution in [0.4, 0.5) is 5.82 Å². The molecule has 1 aliphatic heterocycles. The third-order valence-corrected chi connectivity index (χ3v) is 3.88. The van der Waals surface area contributed by atoms with Crippen molar-refractivity contribution in [3.05, 3.63) is 22.9 Å². The second kappa shape index (κ2) is 4.47. The van der Waals surface area contributed by atoms with E-state index in [2.05, 4.69) is 4.98 Å². The van der Waals surface area contributed by atoms with E-state index in [1.165, 1.54) is 0 Å². The van der Waals surface area contributed by atoms with Gasteiger partial charge in [0.2, 0.25) is 0 Å². The van der Waals surface area contributed by atoms with Crippen LogP contribution in [-0.4, -0.2) is 46.3 Å². The van der Waals surface area contributed by atoms with Gasteiger partial charge in [-0.2, -0.15) is 0 Å². The van der Waals surface area contributed by atoms with Crippen molar-refractivity contribution in [1.82, 2.24) is 4.98 Å². The highest BCUT2D eigenvalue weighted by Crippen LogP contribution is 2.29. The molecule has 5 N–H and O–H groups in total. The molecule has 0 bridgehead atoms. The number of nitrogens with two attached hydrogens (primary N) is 1. The number of anilines is 1. The van der Waals surface area contributed by atoms with Crippen LogP contribution in [0, 0.1) is 5.41 Å². The van der Waals surface area contributed by atoms with Crippen LogP contribution in [0.2, 0.25) is 0 Å². The summed E-state index contributed by atoms with van der Waals surface area (Å²) in [5.74, 6) is 0.594. The zero-order chi connectivity index (χ0) is 13.6. The van der Waals surface area contributed by atoms with Crippen LogP contribution in [0.3, 0.4) is 0 Å². The molecule has 2 unspecified atom stereocenters. The molecule has 0 radical (unpaired) electrons. The van der Waals surface area contributed by atoms with Crippen LogP contribution in [0.5, 0.6) is 0 Å². The van der Waals surface area contributed by atoms with Gasteiger partial charge in [0, 0.05) is 18.8 Å². The first-order valence-electron chi connectivity index (χ1n) is 6.54. The Labute approximate surface area is 111 Å². The highest BCUT2D eigenvalue weighted by Gasteiger charge is 2.32. The minimum absolute atomic E-state index is 0.0203. The largest absolute Gasteiger partial charge is 0.389 e. The minimum Gasteiger partial charge on any atom is -0.389 e. The van der Waals surface area contributed by atoms with E-state index in [0.717, 1.165) is 30.5 Å². The number of aryl methyl sites for hydroxylation is 2. The number of β-amino-alcohol motifs (C(OH)–C–C–N with tert-alkyl or cyclic N) is 2. The molecule has 1 saturated heterocycles. The maximum atomic E-state index is 9.65. The van der Waals surface area contributed by atoms with E-state index in [1.807, 2.05) is 11.0 Å².